The minimum Gasteiger partial charge on any atom is -0.482 e. The number of aliphatic hydroxyl groups is 6. The highest BCUT2D eigenvalue weighted by molar-refractivity contribution is 5.72. The molecule has 3 aromatic rings. The molecule has 0 amide bonds. The lowest BCUT2D eigenvalue weighted by atomic mass is 9.73. The number of unbranched alkanes of at least 4 members (excludes halogenated alkanes) is 8. The number of aliphatic hydroxyl groups excluding tert-OH is 6. The van der Waals surface area contributed by atoms with Crippen LogP contribution >= 0.6 is 0 Å². The van der Waals surface area contributed by atoms with Crippen LogP contribution in [0.25, 0.3) is 0 Å². The van der Waals surface area contributed by atoms with Gasteiger partial charge in [-0.05, 0) is 240 Å². The first kappa shape index (κ1) is 87.8. The van der Waals surface area contributed by atoms with Crippen molar-refractivity contribution in [3.05, 3.63) is 88.0 Å². The molecular formula is C84H126O23. The van der Waals surface area contributed by atoms with Crippen molar-refractivity contribution in [2.75, 3.05) is 66.1 Å². The predicted molar refractivity (Wildman–Crippen MR) is 400 cm³/mol. The van der Waals surface area contributed by atoms with Gasteiger partial charge in [-0.15, -0.1) is 0 Å². The normalized spacial score (nSPS) is 23.6. The molecule has 600 valence electrons. The van der Waals surface area contributed by atoms with Crippen molar-refractivity contribution in [2.45, 2.75) is 263 Å². The van der Waals surface area contributed by atoms with E-state index < -0.39 is 42.4 Å². The number of carbonyl (C=O) groups excluding carboxylic acids is 3. The van der Waals surface area contributed by atoms with E-state index in [1.807, 2.05) is 36.4 Å². The smallest absolute Gasteiger partial charge is 0.344 e. The van der Waals surface area contributed by atoms with Crippen LogP contribution in [0.5, 0.6) is 17.2 Å². The molecular weight excluding hydrogens is 1380 g/mol. The van der Waals surface area contributed by atoms with Crippen molar-refractivity contribution in [1.82, 2.24) is 0 Å². The molecule has 23 nitrogen and oxygen atoms in total. The number of esters is 3. The fourth-order valence-corrected chi connectivity index (χ4v) is 17.4. The molecule has 3 fully saturated rings. The zero-order valence-corrected chi connectivity index (χ0v) is 63.8. The van der Waals surface area contributed by atoms with Crippen LogP contribution in [0.2, 0.25) is 0 Å². The summed E-state index contributed by atoms with van der Waals surface area (Å²) in [7, 11) is 0. The number of benzene rings is 3. The van der Waals surface area contributed by atoms with Gasteiger partial charge in [-0.25, -0.2) is 19.2 Å². The van der Waals surface area contributed by atoms with Crippen molar-refractivity contribution >= 4 is 35.8 Å². The molecule has 3 saturated carbocycles. The van der Waals surface area contributed by atoms with E-state index in [0.717, 1.165) is 190 Å². The van der Waals surface area contributed by atoms with Crippen LogP contribution in [-0.4, -0.2) is 184 Å². The van der Waals surface area contributed by atoms with Crippen molar-refractivity contribution in [3.63, 3.8) is 0 Å². The van der Waals surface area contributed by atoms with Gasteiger partial charge in [-0.2, -0.15) is 0 Å². The number of hydrogen-bond donors (Lipinski definition) is 9. The van der Waals surface area contributed by atoms with Gasteiger partial charge in [0, 0.05) is 6.42 Å². The van der Waals surface area contributed by atoms with E-state index in [4.69, 9.17) is 53.2 Å². The molecule has 0 bridgehead atoms. The molecule has 0 heterocycles. The Labute approximate surface area is 633 Å². The van der Waals surface area contributed by atoms with Crippen LogP contribution in [0.4, 0.5) is 0 Å². The summed E-state index contributed by atoms with van der Waals surface area (Å²) in [6, 6.07) is 17.8. The molecule has 107 heavy (non-hydrogen) atoms. The summed E-state index contributed by atoms with van der Waals surface area (Å²) in [6.07, 6.45) is 24.9. The molecule has 9 N–H and O–H groups in total. The van der Waals surface area contributed by atoms with Crippen LogP contribution in [-0.2, 0) is 91.0 Å². The van der Waals surface area contributed by atoms with Gasteiger partial charge < -0.3 is 83.9 Å². The van der Waals surface area contributed by atoms with E-state index in [9.17, 15) is 59.4 Å². The van der Waals surface area contributed by atoms with Crippen LogP contribution < -0.4 is 14.2 Å². The molecule has 15 atom stereocenters. The zero-order chi connectivity index (χ0) is 77.0. The van der Waals surface area contributed by atoms with Crippen LogP contribution in [0.1, 0.15) is 221 Å². The summed E-state index contributed by atoms with van der Waals surface area (Å²) in [5, 5.41) is 89.3. The Hall–Kier alpha value is -6.44. The van der Waals surface area contributed by atoms with Crippen LogP contribution in [0.15, 0.2) is 54.6 Å². The lowest BCUT2D eigenvalue weighted by Crippen LogP contribution is -2.28. The fourth-order valence-electron chi connectivity index (χ4n) is 17.4. The van der Waals surface area contributed by atoms with E-state index in [1.54, 1.807) is 0 Å². The Morgan fingerprint density at radius 2 is 0.729 bits per heavy atom. The van der Waals surface area contributed by atoms with Crippen molar-refractivity contribution in [1.29, 1.82) is 0 Å². The highest BCUT2D eigenvalue weighted by atomic mass is 16.6. The third-order valence-electron chi connectivity index (χ3n) is 23.0. The summed E-state index contributed by atoms with van der Waals surface area (Å²) in [5.41, 5.74) is 6.96. The molecule has 0 aliphatic heterocycles. The Morgan fingerprint density at radius 1 is 0.374 bits per heavy atom. The molecule has 0 spiro atoms. The Kier molecular flexibility index (Phi) is 39.0. The van der Waals surface area contributed by atoms with E-state index in [-0.39, 0.29) is 127 Å². The van der Waals surface area contributed by atoms with Crippen LogP contribution in [0, 0.1) is 53.3 Å². The van der Waals surface area contributed by atoms with E-state index in [2.05, 4.69) is 39.0 Å². The van der Waals surface area contributed by atoms with E-state index >= 15 is 0 Å². The van der Waals surface area contributed by atoms with E-state index in [0.29, 0.717) is 72.0 Å². The molecule has 9 rings (SSSR count). The first-order valence-corrected chi connectivity index (χ1v) is 40.2. The number of ether oxygens (including phenoxy) is 8. The standard InChI is InChI=1S/C29H44O7.C28H42O8.C27H40O8/c1-2-3-5-10-22(30)13-14-23-24-16-20-9-8-11-27(25(20)17-21(24)18-26(23)31)36-19-29(34)35-15-7-4-6-12-28(32)33;1-2-3-4-7-21(29)9-10-22-23-15-19-6-5-8-26(24(19)16-20(23)17-25(22)30)36-18-28(33)35-14-13-34-12-11-27(31)32;1-2-3-4-7-20(28)9-10-21-22-13-18-6-5-8-25(23(18)14-19(22)15-24(21)29)35-17-27(32)34-12-11-33-16-26(30)31/h8-9,11,21-24,26,30-31H,2-7,10,12-19H2,1H3,(H,32,33);5-6,8,20-23,25,29-30H,2-4,7,9-18H2,1H3,(H,31,32);5-6,8,19-22,24,28-29H,2-4,7,9-17H2,1H3,(H,30,31)/t21-,22-,23+,24-,26+;20-,21-,22+,23-,25+;19-,20-,21+,22-,24+/m000/s1. The summed E-state index contributed by atoms with van der Waals surface area (Å²) >= 11 is 0. The van der Waals surface area contributed by atoms with Crippen molar-refractivity contribution in [2.24, 2.45) is 53.3 Å². The van der Waals surface area contributed by atoms with Gasteiger partial charge in [0.25, 0.3) is 0 Å². The second-order valence-electron chi connectivity index (χ2n) is 30.7. The quantitative estimate of drug-likeness (QED) is 0.0144. The average Bonchev–Trinajstić information content (AvgIpc) is 1.67. The maximum atomic E-state index is 12.1. The number of rotatable bonds is 47. The van der Waals surface area contributed by atoms with Crippen molar-refractivity contribution < 1.29 is 113 Å². The minimum absolute atomic E-state index is 0.0150. The van der Waals surface area contributed by atoms with Gasteiger partial charge in [0.1, 0.15) is 37.1 Å². The maximum Gasteiger partial charge on any atom is 0.344 e. The van der Waals surface area contributed by atoms with Gasteiger partial charge >= 0.3 is 35.8 Å². The number of carboxylic acid groups (broad SMARTS) is 3. The molecule has 0 saturated heterocycles. The molecule has 6 aliphatic carbocycles. The van der Waals surface area contributed by atoms with Gasteiger partial charge in [0.15, 0.2) is 19.8 Å². The number of hydrogen-bond acceptors (Lipinski definition) is 20. The lowest BCUT2D eigenvalue weighted by molar-refractivity contribution is -0.149. The van der Waals surface area contributed by atoms with Gasteiger partial charge in [0.05, 0.1) is 69.5 Å². The SMILES string of the molecule is CCCCC[C@H](O)CC[C@@H]1[C@H]2Cc3cccc(OCC(=O)OCCCCCC(=O)O)c3C[C@H]2C[C@H]1O.CCCCC[C@H](O)CC[C@@H]1[C@H]2Cc3cccc(OCC(=O)OCCOCC(=O)O)c3C[C@H]2C[C@H]1O.CCCCC[C@H](O)CC[C@@H]1[C@H]2Cc3cccc(OCC(=O)OCCOCCC(=O)O)c3C[C@H]2C[C@H]1O. The first-order valence-electron chi connectivity index (χ1n) is 40.2. The predicted octanol–water partition coefficient (Wildman–Crippen LogP) is 11.4. The summed E-state index contributed by atoms with van der Waals surface area (Å²) in [6.45, 7) is 5.99. The van der Waals surface area contributed by atoms with Crippen molar-refractivity contribution in [3.8, 4) is 17.2 Å². The van der Waals surface area contributed by atoms with Gasteiger partial charge in [-0.3, -0.25) is 9.59 Å². The molecule has 0 radical (unpaired) electrons. The average molecular weight is 1500 g/mol. The molecule has 0 aromatic heterocycles. The number of fused-ring (bicyclic) bond motifs is 6. The fraction of sp³-hybridized carbons (Fsp3) is 0.714. The number of carbonyl (C=O) groups is 6. The monoisotopic (exact) mass is 1500 g/mol. The second-order valence-corrected chi connectivity index (χ2v) is 30.7. The second kappa shape index (κ2) is 47.6. The summed E-state index contributed by atoms with van der Waals surface area (Å²) in [4.78, 5) is 67.5. The maximum absolute atomic E-state index is 12.1. The minimum atomic E-state index is -1.07. The first-order chi connectivity index (χ1) is 51.7. The number of carboxylic acids is 3. The summed E-state index contributed by atoms with van der Waals surface area (Å²) < 4.78 is 42.8. The van der Waals surface area contributed by atoms with E-state index in [1.165, 1.54) is 16.7 Å². The Bertz CT molecular complexity index is 3020. The van der Waals surface area contributed by atoms with Gasteiger partial charge in [-0.1, -0.05) is 115 Å². The highest BCUT2D eigenvalue weighted by Crippen LogP contribution is 2.52. The largest absolute Gasteiger partial charge is 0.482 e. The molecule has 23 heteroatoms. The lowest BCUT2D eigenvalue weighted by Gasteiger charge is -2.32. The molecule has 6 aliphatic rings. The molecule has 3 aromatic carbocycles. The third kappa shape index (κ3) is 29.7. The Morgan fingerprint density at radius 3 is 1.07 bits per heavy atom. The zero-order valence-electron chi connectivity index (χ0n) is 63.8. The van der Waals surface area contributed by atoms with Crippen LogP contribution in [0.3, 0.4) is 0 Å². The Balaban J connectivity index is 0.000000224. The number of aliphatic carboxylic acids is 3. The van der Waals surface area contributed by atoms with Gasteiger partial charge in [0.2, 0.25) is 0 Å². The third-order valence-corrected chi connectivity index (χ3v) is 23.0. The topological polar surface area (TPSA) is 358 Å². The molecule has 0 unspecified atom stereocenters. The highest BCUT2D eigenvalue weighted by Gasteiger charge is 2.48. The summed E-state index contributed by atoms with van der Waals surface area (Å²) in [5.74, 6) is 0.759.